The van der Waals surface area contributed by atoms with Crippen LogP contribution in [0.3, 0.4) is 0 Å². The zero-order chi connectivity index (χ0) is 20.4. The number of methoxy groups -OCH3 is 3. The quantitative estimate of drug-likeness (QED) is 0.315. The highest BCUT2D eigenvalue weighted by molar-refractivity contribution is 14.0. The molecule has 1 aromatic carbocycles. The van der Waals surface area contributed by atoms with E-state index in [9.17, 15) is 0 Å². The number of rotatable bonds is 9. The molecule has 0 fully saturated rings. The summed E-state index contributed by atoms with van der Waals surface area (Å²) in [4.78, 5) is 11.0. The SMILES string of the molecule is CCNC(=NCc1ccnc(OC)c1)N(C)CCc1ccc(OC)c(OC)c1.I. The molecule has 29 heavy (non-hydrogen) atoms. The van der Waals surface area contributed by atoms with Crippen LogP contribution in [0.5, 0.6) is 17.4 Å². The number of nitrogens with one attached hydrogen (secondary N) is 1. The summed E-state index contributed by atoms with van der Waals surface area (Å²) < 4.78 is 15.9. The van der Waals surface area contributed by atoms with Gasteiger partial charge in [0, 0.05) is 32.4 Å². The number of likely N-dealkylation sites (N-methyl/N-ethyl adjacent to an activating group) is 1. The van der Waals surface area contributed by atoms with Crippen molar-refractivity contribution < 1.29 is 14.2 Å². The molecule has 0 spiro atoms. The summed E-state index contributed by atoms with van der Waals surface area (Å²) in [6.07, 6.45) is 2.60. The summed E-state index contributed by atoms with van der Waals surface area (Å²) in [6, 6.07) is 9.85. The fourth-order valence-corrected chi connectivity index (χ4v) is 2.74. The first-order chi connectivity index (χ1) is 13.6. The van der Waals surface area contributed by atoms with Gasteiger partial charge in [0.2, 0.25) is 5.88 Å². The van der Waals surface area contributed by atoms with E-state index in [4.69, 9.17) is 19.2 Å². The Bertz CT molecular complexity index is 786. The summed E-state index contributed by atoms with van der Waals surface area (Å²) in [6.45, 7) is 4.25. The Morgan fingerprint density at radius 1 is 1.03 bits per heavy atom. The Labute approximate surface area is 190 Å². The van der Waals surface area contributed by atoms with Crippen LogP contribution in [0.1, 0.15) is 18.1 Å². The van der Waals surface area contributed by atoms with Gasteiger partial charge in [-0.1, -0.05) is 6.07 Å². The van der Waals surface area contributed by atoms with E-state index in [1.807, 2.05) is 31.3 Å². The van der Waals surface area contributed by atoms with E-state index < -0.39 is 0 Å². The predicted molar refractivity (Wildman–Crippen MR) is 127 cm³/mol. The fourth-order valence-electron chi connectivity index (χ4n) is 2.74. The Hall–Kier alpha value is -2.23. The molecule has 0 amide bonds. The Balaban J connectivity index is 0.00000420. The monoisotopic (exact) mass is 514 g/mol. The Kier molecular flexibility index (Phi) is 11.2. The summed E-state index contributed by atoms with van der Waals surface area (Å²) in [5, 5.41) is 3.34. The van der Waals surface area contributed by atoms with E-state index in [2.05, 4.69) is 28.2 Å². The highest BCUT2D eigenvalue weighted by Crippen LogP contribution is 2.27. The fraction of sp³-hybridized carbons (Fsp3) is 0.429. The first-order valence-electron chi connectivity index (χ1n) is 9.30. The molecule has 1 heterocycles. The maximum Gasteiger partial charge on any atom is 0.213 e. The zero-order valence-electron chi connectivity index (χ0n) is 17.8. The number of guanidine groups is 1. The van der Waals surface area contributed by atoms with Crippen LogP contribution in [0.25, 0.3) is 0 Å². The molecule has 7 nitrogen and oxygen atoms in total. The number of hydrogen-bond donors (Lipinski definition) is 1. The van der Waals surface area contributed by atoms with Crippen LogP contribution < -0.4 is 19.5 Å². The number of halogens is 1. The van der Waals surface area contributed by atoms with E-state index in [0.717, 1.165) is 42.5 Å². The van der Waals surface area contributed by atoms with Gasteiger partial charge in [-0.3, -0.25) is 0 Å². The molecule has 0 aliphatic rings. The molecule has 0 aliphatic carbocycles. The van der Waals surface area contributed by atoms with Crippen molar-refractivity contribution in [3.63, 3.8) is 0 Å². The van der Waals surface area contributed by atoms with Crippen LogP contribution in [0.2, 0.25) is 0 Å². The van der Waals surface area contributed by atoms with Crippen molar-refractivity contribution in [1.29, 1.82) is 0 Å². The summed E-state index contributed by atoms with van der Waals surface area (Å²) in [5.41, 5.74) is 2.23. The molecular formula is C21H31IN4O3. The molecular weight excluding hydrogens is 483 g/mol. The van der Waals surface area contributed by atoms with Gasteiger partial charge in [0.15, 0.2) is 17.5 Å². The third-order valence-corrected chi connectivity index (χ3v) is 4.30. The number of nitrogens with zero attached hydrogens (tertiary/aromatic N) is 3. The number of aliphatic imine (C=N–C) groups is 1. The first kappa shape index (κ1) is 24.8. The van der Waals surface area contributed by atoms with Crippen molar-refractivity contribution >= 4 is 29.9 Å². The Morgan fingerprint density at radius 3 is 2.45 bits per heavy atom. The number of hydrogen-bond acceptors (Lipinski definition) is 5. The molecule has 1 N–H and O–H groups in total. The van der Waals surface area contributed by atoms with Crippen LogP contribution >= 0.6 is 24.0 Å². The number of ether oxygens (including phenoxy) is 3. The molecule has 2 rings (SSSR count). The van der Waals surface area contributed by atoms with Crippen molar-refractivity contribution in [2.45, 2.75) is 19.9 Å². The van der Waals surface area contributed by atoms with E-state index >= 15 is 0 Å². The smallest absolute Gasteiger partial charge is 0.213 e. The lowest BCUT2D eigenvalue weighted by Crippen LogP contribution is -2.39. The van der Waals surface area contributed by atoms with E-state index in [0.29, 0.717) is 12.4 Å². The second kappa shape index (κ2) is 13.1. The van der Waals surface area contributed by atoms with Gasteiger partial charge in [0.25, 0.3) is 0 Å². The largest absolute Gasteiger partial charge is 0.493 e. The van der Waals surface area contributed by atoms with Gasteiger partial charge in [-0.25, -0.2) is 9.98 Å². The van der Waals surface area contributed by atoms with E-state index in [-0.39, 0.29) is 24.0 Å². The molecule has 0 aliphatic heterocycles. The van der Waals surface area contributed by atoms with Gasteiger partial charge in [-0.2, -0.15) is 0 Å². The molecule has 0 saturated heterocycles. The van der Waals surface area contributed by atoms with E-state index in [1.165, 1.54) is 5.56 Å². The lowest BCUT2D eigenvalue weighted by atomic mass is 10.1. The summed E-state index contributed by atoms with van der Waals surface area (Å²) in [7, 11) is 6.94. The molecule has 0 atom stereocenters. The lowest BCUT2D eigenvalue weighted by molar-refractivity contribution is 0.354. The van der Waals surface area contributed by atoms with Crippen LogP contribution in [0.4, 0.5) is 0 Å². The molecule has 1 aromatic heterocycles. The van der Waals surface area contributed by atoms with Crippen molar-refractivity contribution in [3.05, 3.63) is 47.7 Å². The van der Waals surface area contributed by atoms with Gasteiger partial charge in [-0.15, -0.1) is 24.0 Å². The minimum absolute atomic E-state index is 0. The molecule has 0 radical (unpaired) electrons. The van der Waals surface area contributed by atoms with Crippen molar-refractivity contribution in [2.75, 3.05) is 41.5 Å². The average Bonchev–Trinajstić information content (AvgIpc) is 2.74. The number of pyridine rings is 1. The zero-order valence-corrected chi connectivity index (χ0v) is 20.1. The van der Waals surface area contributed by atoms with Crippen LogP contribution in [0.15, 0.2) is 41.5 Å². The normalized spacial score (nSPS) is 10.7. The molecule has 160 valence electrons. The predicted octanol–water partition coefficient (Wildman–Crippen LogP) is 3.37. The summed E-state index contributed by atoms with van der Waals surface area (Å²) >= 11 is 0. The van der Waals surface area contributed by atoms with Gasteiger partial charge >= 0.3 is 0 Å². The number of aromatic nitrogens is 1. The van der Waals surface area contributed by atoms with E-state index in [1.54, 1.807) is 27.5 Å². The summed E-state index contributed by atoms with van der Waals surface area (Å²) in [5.74, 6) is 2.94. The minimum Gasteiger partial charge on any atom is -0.493 e. The lowest BCUT2D eigenvalue weighted by Gasteiger charge is -2.22. The van der Waals surface area contributed by atoms with Gasteiger partial charge < -0.3 is 24.4 Å². The third-order valence-electron chi connectivity index (χ3n) is 4.30. The van der Waals surface area contributed by atoms with Crippen LogP contribution in [0, 0.1) is 0 Å². The van der Waals surface area contributed by atoms with Crippen LogP contribution in [-0.4, -0.2) is 57.3 Å². The van der Waals surface area contributed by atoms with Gasteiger partial charge in [0.1, 0.15) is 0 Å². The second-order valence-electron chi connectivity index (χ2n) is 6.24. The first-order valence-corrected chi connectivity index (χ1v) is 9.30. The molecule has 0 bridgehead atoms. The van der Waals surface area contributed by atoms with Gasteiger partial charge in [-0.05, 0) is 42.7 Å². The molecule has 0 saturated carbocycles. The van der Waals surface area contributed by atoms with Crippen molar-refractivity contribution in [2.24, 2.45) is 4.99 Å². The Morgan fingerprint density at radius 2 is 1.79 bits per heavy atom. The average molecular weight is 514 g/mol. The molecule has 0 unspecified atom stereocenters. The van der Waals surface area contributed by atoms with Gasteiger partial charge in [0.05, 0.1) is 27.9 Å². The number of benzene rings is 1. The maximum absolute atomic E-state index is 5.39. The molecule has 2 aromatic rings. The van der Waals surface area contributed by atoms with Crippen molar-refractivity contribution in [3.8, 4) is 17.4 Å². The van der Waals surface area contributed by atoms with Crippen LogP contribution in [-0.2, 0) is 13.0 Å². The highest BCUT2D eigenvalue weighted by Gasteiger charge is 2.09. The van der Waals surface area contributed by atoms with Crippen molar-refractivity contribution in [1.82, 2.24) is 15.2 Å². The third kappa shape index (κ3) is 7.60. The standard InChI is InChI=1S/C21H30N4O3.HI/c1-6-22-21(24-15-17-9-11-23-20(14-17)28-5)25(2)12-10-16-7-8-18(26-3)19(13-16)27-4;/h7-9,11,13-14H,6,10,12,15H2,1-5H3,(H,22,24);1H. The minimum atomic E-state index is 0. The highest BCUT2D eigenvalue weighted by atomic mass is 127. The maximum atomic E-state index is 5.39. The molecule has 8 heteroatoms. The topological polar surface area (TPSA) is 68.2 Å². The second-order valence-corrected chi connectivity index (χ2v) is 6.24.